The van der Waals surface area contributed by atoms with E-state index < -0.39 is 41.8 Å². The van der Waals surface area contributed by atoms with Crippen molar-refractivity contribution in [3.63, 3.8) is 0 Å². The zero-order valence-corrected chi connectivity index (χ0v) is 18.6. The Hall–Kier alpha value is -3.87. The lowest BCUT2D eigenvalue weighted by Crippen LogP contribution is -2.53. The first-order chi connectivity index (χ1) is 16.0. The topological polar surface area (TPSA) is 114 Å². The Morgan fingerprint density at radius 2 is 1.94 bits per heavy atom. The molecule has 34 heavy (non-hydrogen) atoms. The number of esters is 1. The predicted molar refractivity (Wildman–Crippen MR) is 115 cm³/mol. The summed E-state index contributed by atoms with van der Waals surface area (Å²) in [4.78, 5) is 49.9. The van der Waals surface area contributed by atoms with Crippen molar-refractivity contribution in [2.24, 2.45) is 0 Å². The van der Waals surface area contributed by atoms with Crippen molar-refractivity contribution in [3.8, 4) is 21.3 Å². The second-order valence-corrected chi connectivity index (χ2v) is 7.93. The van der Waals surface area contributed by atoms with Crippen molar-refractivity contribution in [1.29, 1.82) is 0 Å². The van der Waals surface area contributed by atoms with E-state index >= 15 is 0 Å². The molecule has 0 radical (unpaired) electrons. The molecule has 1 atom stereocenters. The van der Waals surface area contributed by atoms with Gasteiger partial charge in [-0.3, -0.25) is 14.4 Å². The van der Waals surface area contributed by atoms with Gasteiger partial charge in [0.2, 0.25) is 5.06 Å². The maximum Gasteiger partial charge on any atom is 0.573 e. The lowest BCUT2D eigenvalue weighted by Gasteiger charge is -2.23. The molecule has 180 valence electrons. The molecule has 1 unspecified atom stereocenters. The van der Waals surface area contributed by atoms with Crippen molar-refractivity contribution in [3.05, 3.63) is 42.6 Å². The van der Waals surface area contributed by atoms with Crippen LogP contribution in [0.15, 0.2) is 42.6 Å². The summed E-state index contributed by atoms with van der Waals surface area (Å²) in [6, 6.07) is 4.12. The molecular weight excluding hydrogens is 479 g/mol. The Labute approximate surface area is 195 Å². The summed E-state index contributed by atoms with van der Waals surface area (Å²) in [6.07, 6.45) is -2.44. The third-order valence-corrected chi connectivity index (χ3v) is 5.47. The zero-order chi connectivity index (χ0) is 25.0. The van der Waals surface area contributed by atoms with E-state index in [1.807, 2.05) is 0 Å². The van der Waals surface area contributed by atoms with Gasteiger partial charge in [-0.25, -0.2) is 4.79 Å². The molecule has 2 aromatic rings. The second kappa shape index (κ2) is 9.95. The molecule has 3 rings (SSSR count). The Morgan fingerprint density at radius 1 is 1.21 bits per heavy atom. The molecule has 0 spiro atoms. The van der Waals surface area contributed by atoms with Crippen molar-refractivity contribution in [1.82, 2.24) is 10.2 Å². The molecule has 0 aliphatic carbocycles. The molecule has 0 bridgehead atoms. The molecule has 2 heterocycles. The number of nitrogens with zero attached hydrogens (tertiary/aromatic N) is 1. The number of halogens is 3. The molecule has 3 amide bonds. The van der Waals surface area contributed by atoms with Crippen LogP contribution >= 0.6 is 11.3 Å². The Morgan fingerprint density at radius 3 is 2.62 bits per heavy atom. The van der Waals surface area contributed by atoms with E-state index in [0.717, 1.165) is 34.4 Å². The van der Waals surface area contributed by atoms with Gasteiger partial charge in [-0.2, -0.15) is 0 Å². The molecule has 0 fully saturated rings. The van der Waals surface area contributed by atoms with Crippen LogP contribution in [0.5, 0.6) is 10.8 Å². The summed E-state index contributed by atoms with van der Waals surface area (Å²) in [7, 11) is 1.42. The van der Waals surface area contributed by atoms with Crippen LogP contribution in [0, 0.1) is 0 Å². The lowest BCUT2D eigenvalue weighted by atomic mass is 10.1. The van der Waals surface area contributed by atoms with E-state index in [1.54, 1.807) is 6.92 Å². The summed E-state index contributed by atoms with van der Waals surface area (Å²) in [5.41, 5.74) is 0.319. The van der Waals surface area contributed by atoms with Gasteiger partial charge in [-0.15, -0.1) is 13.2 Å². The van der Waals surface area contributed by atoms with Gasteiger partial charge in [-0.1, -0.05) is 30.4 Å². The molecule has 1 aliphatic heterocycles. The van der Waals surface area contributed by atoms with Gasteiger partial charge in [0.15, 0.2) is 11.8 Å². The lowest BCUT2D eigenvalue weighted by molar-refractivity contribution is -0.274. The summed E-state index contributed by atoms with van der Waals surface area (Å²) >= 11 is 0.897. The fourth-order valence-electron chi connectivity index (χ4n) is 2.80. The molecule has 9 nitrogen and oxygen atoms in total. The number of likely N-dealkylation sites (N-methyl/N-ethyl adjacent to an activating group) is 1. The summed E-state index contributed by atoms with van der Waals surface area (Å²) in [5, 5.41) is 4.63. The number of rotatable bonds is 6. The van der Waals surface area contributed by atoms with Crippen LogP contribution in [-0.4, -0.2) is 48.0 Å². The van der Waals surface area contributed by atoms with Crippen LogP contribution in [0.25, 0.3) is 10.4 Å². The Balaban J connectivity index is 1.85. The SMILES string of the molecule is CCC(=O)Oc1sc(-c2cccc(OC(F)(F)F)c2)cc1NC(=O)NC1C(=O)C=CN(C)C1=O. The fourth-order valence-corrected chi connectivity index (χ4v) is 3.78. The Kier molecular flexibility index (Phi) is 7.25. The van der Waals surface area contributed by atoms with Gasteiger partial charge in [0.05, 0.1) is 5.69 Å². The highest BCUT2D eigenvalue weighted by Gasteiger charge is 2.33. The number of benzene rings is 1. The second-order valence-electron chi connectivity index (χ2n) is 6.91. The number of urea groups is 1. The number of carbonyl (C=O) groups excluding carboxylic acids is 4. The minimum atomic E-state index is -4.88. The predicted octanol–water partition coefficient (Wildman–Crippen LogP) is 3.67. The van der Waals surface area contributed by atoms with Gasteiger partial charge < -0.3 is 25.0 Å². The smallest absolute Gasteiger partial charge is 0.413 e. The van der Waals surface area contributed by atoms with Crippen LogP contribution in [0.2, 0.25) is 0 Å². The number of nitrogens with one attached hydrogen (secondary N) is 2. The van der Waals surface area contributed by atoms with E-state index in [9.17, 15) is 32.3 Å². The number of amides is 3. The van der Waals surface area contributed by atoms with Crippen LogP contribution in [0.3, 0.4) is 0 Å². The van der Waals surface area contributed by atoms with E-state index in [1.165, 1.54) is 31.4 Å². The van der Waals surface area contributed by atoms with Gasteiger partial charge in [0.1, 0.15) is 5.75 Å². The molecule has 1 aromatic heterocycles. The highest BCUT2D eigenvalue weighted by molar-refractivity contribution is 7.18. The maximum atomic E-state index is 12.6. The minimum Gasteiger partial charge on any atom is -0.413 e. The normalized spacial score (nSPS) is 15.8. The largest absolute Gasteiger partial charge is 0.573 e. The average molecular weight is 497 g/mol. The molecular formula is C21H18F3N3O6S. The molecule has 1 aromatic carbocycles. The number of anilines is 1. The first-order valence-corrected chi connectivity index (χ1v) is 10.6. The van der Waals surface area contributed by atoms with E-state index in [2.05, 4.69) is 15.4 Å². The maximum absolute atomic E-state index is 12.6. The third-order valence-electron chi connectivity index (χ3n) is 4.41. The average Bonchev–Trinajstić information content (AvgIpc) is 3.15. The van der Waals surface area contributed by atoms with Crippen LogP contribution in [0.4, 0.5) is 23.7 Å². The van der Waals surface area contributed by atoms with Crippen molar-refractivity contribution >= 4 is 40.7 Å². The number of hydrogen-bond acceptors (Lipinski definition) is 7. The standard InChI is InChI=1S/C21H18F3N3O6S/c1-3-16(29)32-19-13(25-20(31)26-17-14(28)7-8-27(2)18(17)30)10-15(34-19)11-5-4-6-12(9-11)33-21(22,23)24/h4-10,17H,3H2,1-2H3,(H2,25,26,31). The van der Waals surface area contributed by atoms with E-state index in [-0.39, 0.29) is 17.2 Å². The van der Waals surface area contributed by atoms with Crippen LogP contribution in [-0.2, 0) is 14.4 Å². The number of ketones is 1. The molecule has 0 saturated heterocycles. The Bertz CT molecular complexity index is 1160. The molecule has 2 N–H and O–H groups in total. The summed E-state index contributed by atoms with van der Waals surface area (Å²) in [6.45, 7) is 1.55. The highest BCUT2D eigenvalue weighted by atomic mass is 32.1. The number of alkyl halides is 3. The van der Waals surface area contributed by atoms with E-state index in [0.29, 0.717) is 10.4 Å². The zero-order valence-electron chi connectivity index (χ0n) is 17.8. The molecule has 0 saturated carbocycles. The molecule has 1 aliphatic rings. The summed E-state index contributed by atoms with van der Waals surface area (Å²) < 4.78 is 46.8. The quantitative estimate of drug-likeness (QED) is 0.465. The van der Waals surface area contributed by atoms with Crippen molar-refractivity contribution < 1.29 is 41.8 Å². The number of hydrogen-bond donors (Lipinski definition) is 2. The van der Waals surface area contributed by atoms with E-state index in [4.69, 9.17) is 4.74 Å². The highest BCUT2D eigenvalue weighted by Crippen LogP contribution is 2.42. The van der Waals surface area contributed by atoms with Gasteiger partial charge in [-0.05, 0) is 23.8 Å². The van der Waals surface area contributed by atoms with Crippen molar-refractivity contribution in [2.45, 2.75) is 25.7 Å². The van der Waals surface area contributed by atoms with Gasteiger partial charge in [0, 0.05) is 30.6 Å². The first-order valence-electron chi connectivity index (χ1n) is 9.73. The molecule has 13 heteroatoms. The van der Waals surface area contributed by atoms with Gasteiger partial charge >= 0.3 is 18.4 Å². The first kappa shape index (κ1) is 24.8. The monoisotopic (exact) mass is 497 g/mol. The van der Waals surface area contributed by atoms with Crippen molar-refractivity contribution in [2.75, 3.05) is 12.4 Å². The number of ether oxygens (including phenoxy) is 2. The fraction of sp³-hybridized carbons (Fsp3) is 0.238. The van der Waals surface area contributed by atoms with Crippen LogP contribution in [0.1, 0.15) is 13.3 Å². The number of carbonyl (C=O) groups is 4. The van der Waals surface area contributed by atoms with Crippen LogP contribution < -0.4 is 20.1 Å². The minimum absolute atomic E-state index is 0.0149. The van der Waals surface area contributed by atoms with Gasteiger partial charge in [0.25, 0.3) is 5.91 Å². The third kappa shape index (κ3) is 6.13. The summed E-state index contributed by atoms with van der Waals surface area (Å²) in [5.74, 6) is -2.34. The number of thiophene rings is 1.